The van der Waals surface area contributed by atoms with Gasteiger partial charge >= 0.3 is 7.60 Å². The fourth-order valence-corrected chi connectivity index (χ4v) is 2.82. The minimum absolute atomic E-state index is 0.0397. The van der Waals surface area contributed by atoms with Crippen molar-refractivity contribution in [2.75, 3.05) is 19.4 Å². The molecule has 0 heterocycles. The smallest absolute Gasteiger partial charge is 0.309 e. The van der Waals surface area contributed by atoms with Crippen LogP contribution in [0.2, 0.25) is 0 Å². The SMILES string of the molecule is CCCCC(=O)CP(=O)(OCC)OCC. The van der Waals surface area contributed by atoms with Gasteiger partial charge in [-0.2, -0.15) is 0 Å². The molecule has 0 amide bonds. The normalized spacial score (nSPS) is 11.7. The predicted molar refractivity (Wildman–Crippen MR) is 60.3 cm³/mol. The molecule has 5 heteroatoms. The number of hydrogen-bond acceptors (Lipinski definition) is 4. The fraction of sp³-hybridized carbons (Fsp3) is 0.900. The third kappa shape index (κ3) is 6.82. The summed E-state index contributed by atoms with van der Waals surface area (Å²) in [6, 6.07) is 0. The van der Waals surface area contributed by atoms with E-state index in [4.69, 9.17) is 9.05 Å². The van der Waals surface area contributed by atoms with E-state index in [2.05, 4.69) is 0 Å². The maximum atomic E-state index is 11.9. The van der Waals surface area contributed by atoms with E-state index < -0.39 is 7.60 Å². The Balaban J connectivity index is 4.15. The zero-order chi connectivity index (χ0) is 11.7. The summed E-state index contributed by atoms with van der Waals surface area (Å²) >= 11 is 0. The lowest BCUT2D eigenvalue weighted by molar-refractivity contribution is -0.117. The molecule has 0 atom stereocenters. The van der Waals surface area contributed by atoms with E-state index >= 15 is 0 Å². The Labute approximate surface area is 91.9 Å². The highest BCUT2D eigenvalue weighted by molar-refractivity contribution is 7.54. The van der Waals surface area contributed by atoms with E-state index in [0.29, 0.717) is 19.6 Å². The van der Waals surface area contributed by atoms with Crippen LogP contribution in [0, 0.1) is 0 Å². The molecular formula is C10H21O4P. The van der Waals surface area contributed by atoms with Crippen LogP contribution in [0.4, 0.5) is 0 Å². The first kappa shape index (κ1) is 14.8. The van der Waals surface area contributed by atoms with Crippen molar-refractivity contribution < 1.29 is 18.4 Å². The van der Waals surface area contributed by atoms with Crippen LogP contribution in [0.3, 0.4) is 0 Å². The molecule has 4 nitrogen and oxygen atoms in total. The summed E-state index contributed by atoms with van der Waals surface area (Å²) in [5.74, 6) is -0.0397. The van der Waals surface area contributed by atoms with Crippen molar-refractivity contribution in [3.8, 4) is 0 Å². The van der Waals surface area contributed by atoms with Gasteiger partial charge in [0.05, 0.1) is 13.2 Å². The van der Waals surface area contributed by atoms with Crippen LogP contribution in [-0.2, 0) is 18.4 Å². The summed E-state index contributed by atoms with van der Waals surface area (Å²) in [7, 11) is -3.17. The average molecular weight is 236 g/mol. The van der Waals surface area contributed by atoms with Gasteiger partial charge in [0.1, 0.15) is 11.9 Å². The highest BCUT2D eigenvalue weighted by atomic mass is 31.2. The van der Waals surface area contributed by atoms with Crippen molar-refractivity contribution in [1.82, 2.24) is 0 Å². The predicted octanol–water partition coefficient (Wildman–Crippen LogP) is 3.01. The molecule has 0 aromatic rings. The van der Waals surface area contributed by atoms with Crippen LogP contribution < -0.4 is 0 Å². The van der Waals surface area contributed by atoms with Gasteiger partial charge in [-0.25, -0.2) is 0 Å². The zero-order valence-corrected chi connectivity index (χ0v) is 10.7. The van der Waals surface area contributed by atoms with E-state index in [-0.39, 0.29) is 11.9 Å². The molecule has 0 unspecified atom stereocenters. The van der Waals surface area contributed by atoms with Gasteiger partial charge in [-0.15, -0.1) is 0 Å². The summed E-state index contributed by atoms with van der Waals surface area (Å²) < 4.78 is 22.0. The molecule has 15 heavy (non-hydrogen) atoms. The molecule has 0 aliphatic rings. The van der Waals surface area contributed by atoms with Gasteiger partial charge in [-0.1, -0.05) is 13.3 Å². The molecule has 0 N–H and O–H groups in total. The largest absolute Gasteiger partial charge is 0.338 e. The second-order valence-electron chi connectivity index (χ2n) is 3.25. The molecule has 0 aromatic heterocycles. The van der Waals surface area contributed by atoms with Crippen molar-refractivity contribution in [1.29, 1.82) is 0 Å². The number of unbranched alkanes of at least 4 members (excludes halogenated alkanes) is 1. The molecule has 0 spiro atoms. The van der Waals surface area contributed by atoms with Gasteiger partial charge in [0.2, 0.25) is 0 Å². The molecule has 0 bridgehead atoms. The first-order valence-electron chi connectivity index (χ1n) is 5.47. The van der Waals surface area contributed by atoms with Gasteiger partial charge in [-0.05, 0) is 20.3 Å². The number of carbonyl (C=O) groups excluding carboxylic acids is 1. The van der Waals surface area contributed by atoms with Gasteiger partial charge in [0, 0.05) is 6.42 Å². The van der Waals surface area contributed by atoms with E-state index in [0.717, 1.165) is 12.8 Å². The number of rotatable bonds is 9. The van der Waals surface area contributed by atoms with Gasteiger partial charge in [0.25, 0.3) is 0 Å². The van der Waals surface area contributed by atoms with E-state index in [9.17, 15) is 9.36 Å². The van der Waals surface area contributed by atoms with Gasteiger partial charge in [-0.3, -0.25) is 9.36 Å². The summed E-state index contributed by atoms with van der Waals surface area (Å²) in [6.45, 7) is 6.10. The quantitative estimate of drug-likeness (QED) is 0.577. The second-order valence-corrected chi connectivity index (χ2v) is 5.30. The van der Waals surface area contributed by atoms with Crippen LogP contribution >= 0.6 is 7.60 Å². The Morgan fingerprint density at radius 2 is 1.67 bits per heavy atom. The van der Waals surface area contributed by atoms with E-state index in [1.54, 1.807) is 13.8 Å². The number of carbonyl (C=O) groups is 1. The Kier molecular flexibility index (Phi) is 7.93. The fourth-order valence-electron chi connectivity index (χ4n) is 1.19. The number of ketones is 1. The van der Waals surface area contributed by atoms with Crippen LogP contribution in [0.5, 0.6) is 0 Å². The molecule has 0 aromatic carbocycles. The third-order valence-corrected chi connectivity index (χ3v) is 3.87. The highest BCUT2D eigenvalue weighted by Crippen LogP contribution is 2.47. The summed E-state index contributed by atoms with van der Waals surface area (Å²) in [5, 5.41) is 0. The van der Waals surface area contributed by atoms with E-state index in [1.807, 2.05) is 6.92 Å². The average Bonchev–Trinajstić information content (AvgIpc) is 2.15. The van der Waals surface area contributed by atoms with Crippen molar-refractivity contribution in [2.24, 2.45) is 0 Å². The Morgan fingerprint density at radius 3 is 2.07 bits per heavy atom. The minimum Gasteiger partial charge on any atom is -0.309 e. The van der Waals surface area contributed by atoms with Gasteiger partial charge < -0.3 is 9.05 Å². The molecule has 0 fully saturated rings. The van der Waals surface area contributed by atoms with Crippen LogP contribution in [0.15, 0.2) is 0 Å². The molecule has 0 saturated carbocycles. The zero-order valence-electron chi connectivity index (χ0n) is 9.82. The Hall–Kier alpha value is -0.180. The molecule has 0 aliphatic carbocycles. The van der Waals surface area contributed by atoms with E-state index in [1.165, 1.54) is 0 Å². The van der Waals surface area contributed by atoms with Crippen LogP contribution in [-0.4, -0.2) is 25.2 Å². The molecule has 90 valence electrons. The number of hydrogen-bond donors (Lipinski definition) is 0. The monoisotopic (exact) mass is 236 g/mol. The lowest BCUT2D eigenvalue weighted by Crippen LogP contribution is -2.09. The number of Topliss-reactive ketones (excluding diaryl/α,β-unsaturated/α-hetero) is 1. The maximum absolute atomic E-state index is 11.9. The van der Waals surface area contributed by atoms with Crippen LogP contribution in [0.1, 0.15) is 40.0 Å². The molecule has 0 rings (SSSR count). The second kappa shape index (κ2) is 8.03. The molecule has 0 radical (unpaired) electrons. The first-order chi connectivity index (χ1) is 7.08. The van der Waals surface area contributed by atoms with Crippen molar-refractivity contribution >= 4 is 13.4 Å². The standard InChI is InChI=1S/C10H21O4P/c1-4-7-8-10(11)9-15(12,13-5-2)14-6-3/h4-9H2,1-3H3. The topological polar surface area (TPSA) is 52.6 Å². The highest BCUT2D eigenvalue weighted by Gasteiger charge is 2.26. The third-order valence-electron chi connectivity index (χ3n) is 1.83. The minimum atomic E-state index is -3.17. The summed E-state index contributed by atoms with van der Waals surface area (Å²) in [4.78, 5) is 11.4. The summed E-state index contributed by atoms with van der Waals surface area (Å²) in [5.41, 5.74) is 0. The maximum Gasteiger partial charge on any atom is 0.338 e. The summed E-state index contributed by atoms with van der Waals surface area (Å²) in [6.07, 6.45) is 2.16. The molecular weight excluding hydrogens is 215 g/mol. The Morgan fingerprint density at radius 1 is 1.13 bits per heavy atom. The lowest BCUT2D eigenvalue weighted by atomic mass is 10.2. The van der Waals surface area contributed by atoms with Crippen molar-refractivity contribution in [3.63, 3.8) is 0 Å². The molecule has 0 aliphatic heterocycles. The Bertz CT molecular complexity index is 217. The van der Waals surface area contributed by atoms with Crippen molar-refractivity contribution in [2.45, 2.75) is 40.0 Å². The van der Waals surface area contributed by atoms with Crippen LogP contribution in [0.25, 0.3) is 0 Å². The molecule has 0 saturated heterocycles. The van der Waals surface area contributed by atoms with Gasteiger partial charge in [0.15, 0.2) is 0 Å². The lowest BCUT2D eigenvalue weighted by Gasteiger charge is -2.15. The first-order valence-corrected chi connectivity index (χ1v) is 7.20. The van der Waals surface area contributed by atoms with Crippen molar-refractivity contribution in [3.05, 3.63) is 0 Å².